The third-order valence-corrected chi connectivity index (χ3v) is 4.55. The van der Waals surface area contributed by atoms with Crippen LogP contribution in [0.5, 0.6) is 5.75 Å². The molecule has 0 spiro atoms. The maximum atomic E-state index is 12.2. The van der Waals surface area contributed by atoms with Gasteiger partial charge in [0.05, 0.1) is 18.6 Å². The number of rotatable bonds is 10. The number of nitrogens with zero attached hydrogens (tertiary/aromatic N) is 1. The molecule has 1 aromatic rings. The predicted molar refractivity (Wildman–Crippen MR) is 125 cm³/mol. The molecule has 158 valence electrons. The van der Waals surface area contributed by atoms with Gasteiger partial charge in [-0.05, 0) is 52.5 Å². The number of nitrogens with one attached hydrogen (secondary N) is 3. The molecule has 1 fully saturated rings. The molecule has 0 radical (unpaired) electrons. The van der Waals surface area contributed by atoms with Crippen molar-refractivity contribution in [2.24, 2.45) is 16.3 Å². The minimum atomic E-state index is -0.516. The molecule has 2 rings (SSSR count). The number of hydrogen-bond acceptors (Lipinski definition) is 3. The first-order chi connectivity index (χ1) is 13.0. The SMILES string of the molecule is CCNC(=O)C(C)(C)CNC(=NCc1ccccc1OCC1CC1)NCC.I. The average molecular weight is 502 g/mol. The van der Waals surface area contributed by atoms with E-state index in [-0.39, 0.29) is 29.9 Å². The molecule has 1 aromatic carbocycles. The van der Waals surface area contributed by atoms with Crippen molar-refractivity contribution < 1.29 is 9.53 Å². The van der Waals surface area contributed by atoms with Crippen LogP contribution >= 0.6 is 24.0 Å². The topological polar surface area (TPSA) is 74.8 Å². The standard InChI is InChI=1S/C21H34N4O2.HI/c1-5-22-19(26)21(3,4)15-25-20(23-6-2)24-13-17-9-7-8-10-18(17)27-14-16-11-12-16;/h7-10,16H,5-6,11-15H2,1-4H3,(H,22,26)(H2,23,24,25);1H. The quantitative estimate of drug-likeness (QED) is 0.261. The van der Waals surface area contributed by atoms with Crippen molar-refractivity contribution in [3.05, 3.63) is 29.8 Å². The first-order valence-electron chi connectivity index (χ1n) is 9.97. The van der Waals surface area contributed by atoms with Crippen molar-refractivity contribution in [1.82, 2.24) is 16.0 Å². The second-order valence-electron chi connectivity index (χ2n) is 7.65. The molecule has 1 saturated carbocycles. The fourth-order valence-corrected chi connectivity index (χ4v) is 2.56. The summed E-state index contributed by atoms with van der Waals surface area (Å²) in [5, 5.41) is 9.41. The Morgan fingerprint density at radius 2 is 1.82 bits per heavy atom. The van der Waals surface area contributed by atoms with Crippen molar-refractivity contribution in [2.45, 2.75) is 47.1 Å². The van der Waals surface area contributed by atoms with Gasteiger partial charge in [-0.3, -0.25) is 4.79 Å². The molecule has 1 aliphatic rings. The molecule has 3 N–H and O–H groups in total. The third kappa shape index (κ3) is 8.24. The number of para-hydroxylation sites is 1. The number of hydrogen-bond donors (Lipinski definition) is 3. The van der Waals surface area contributed by atoms with Crippen LogP contribution in [-0.2, 0) is 11.3 Å². The lowest BCUT2D eigenvalue weighted by Gasteiger charge is -2.24. The lowest BCUT2D eigenvalue weighted by molar-refractivity contribution is -0.128. The van der Waals surface area contributed by atoms with Crippen LogP contribution in [0.2, 0.25) is 0 Å². The number of amides is 1. The van der Waals surface area contributed by atoms with Gasteiger partial charge >= 0.3 is 0 Å². The third-order valence-electron chi connectivity index (χ3n) is 4.55. The van der Waals surface area contributed by atoms with Crippen LogP contribution in [-0.4, -0.2) is 38.1 Å². The summed E-state index contributed by atoms with van der Waals surface area (Å²) in [6.45, 7) is 11.0. The fourth-order valence-electron chi connectivity index (χ4n) is 2.56. The average Bonchev–Trinajstić information content (AvgIpc) is 3.47. The Labute approximate surface area is 186 Å². The van der Waals surface area contributed by atoms with Crippen LogP contribution in [0.1, 0.15) is 46.1 Å². The molecule has 0 heterocycles. The molecular formula is C21H35IN4O2. The molecule has 1 amide bonds. The smallest absolute Gasteiger partial charge is 0.227 e. The lowest BCUT2D eigenvalue weighted by atomic mass is 9.92. The monoisotopic (exact) mass is 502 g/mol. The van der Waals surface area contributed by atoms with E-state index in [1.165, 1.54) is 12.8 Å². The van der Waals surface area contributed by atoms with E-state index in [1.54, 1.807) is 0 Å². The maximum Gasteiger partial charge on any atom is 0.227 e. The van der Waals surface area contributed by atoms with E-state index >= 15 is 0 Å². The lowest BCUT2D eigenvalue weighted by Crippen LogP contribution is -2.47. The normalized spacial score (nSPS) is 14.1. The van der Waals surface area contributed by atoms with Crippen molar-refractivity contribution in [1.29, 1.82) is 0 Å². The summed E-state index contributed by atoms with van der Waals surface area (Å²) in [6.07, 6.45) is 2.55. The molecule has 28 heavy (non-hydrogen) atoms. The Morgan fingerprint density at radius 3 is 2.46 bits per heavy atom. The first kappa shape index (κ1) is 24.5. The van der Waals surface area contributed by atoms with Gasteiger partial charge in [0.25, 0.3) is 0 Å². The van der Waals surface area contributed by atoms with E-state index in [9.17, 15) is 4.79 Å². The zero-order valence-electron chi connectivity index (χ0n) is 17.5. The van der Waals surface area contributed by atoms with Gasteiger partial charge < -0.3 is 20.7 Å². The number of ether oxygens (including phenoxy) is 1. The van der Waals surface area contributed by atoms with Crippen molar-refractivity contribution in [2.75, 3.05) is 26.2 Å². The van der Waals surface area contributed by atoms with Crippen molar-refractivity contribution >= 4 is 35.8 Å². The van der Waals surface area contributed by atoms with Crippen molar-refractivity contribution in [3.8, 4) is 5.75 Å². The van der Waals surface area contributed by atoms with Gasteiger partial charge in [-0.25, -0.2) is 4.99 Å². The minimum absolute atomic E-state index is 0. The molecule has 7 heteroatoms. The highest BCUT2D eigenvalue weighted by atomic mass is 127. The number of carbonyl (C=O) groups excluding carboxylic acids is 1. The molecule has 0 atom stereocenters. The summed E-state index contributed by atoms with van der Waals surface area (Å²) < 4.78 is 5.96. The number of guanidine groups is 1. The molecule has 0 aromatic heterocycles. The van der Waals surface area contributed by atoms with Gasteiger partial charge in [-0.1, -0.05) is 18.2 Å². The first-order valence-corrected chi connectivity index (χ1v) is 9.97. The molecule has 6 nitrogen and oxygen atoms in total. The summed E-state index contributed by atoms with van der Waals surface area (Å²) in [4.78, 5) is 16.8. The second kappa shape index (κ2) is 12.1. The Morgan fingerprint density at radius 1 is 1.14 bits per heavy atom. The van der Waals surface area contributed by atoms with E-state index in [0.717, 1.165) is 30.4 Å². The van der Waals surface area contributed by atoms with Gasteiger partial charge in [0, 0.05) is 25.2 Å². The van der Waals surface area contributed by atoms with Gasteiger partial charge in [-0.2, -0.15) is 0 Å². The highest BCUT2D eigenvalue weighted by molar-refractivity contribution is 14.0. The van der Waals surface area contributed by atoms with Crippen LogP contribution in [0.3, 0.4) is 0 Å². The van der Waals surface area contributed by atoms with E-state index in [0.29, 0.717) is 25.6 Å². The van der Waals surface area contributed by atoms with E-state index < -0.39 is 5.41 Å². The van der Waals surface area contributed by atoms with Gasteiger partial charge in [0.15, 0.2) is 5.96 Å². The molecular weight excluding hydrogens is 467 g/mol. The highest BCUT2D eigenvalue weighted by Gasteiger charge is 2.27. The van der Waals surface area contributed by atoms with Gasteiger partial charge in [0.2, 0.25) is 5.91 Å². The zero-order chi connectivity index (χ0) is 19.7. The minimum Gasteiger partial charge on any atom is -0.493 e. The summed E-state index contributed by atoms with van der Waals surface area (Å²) in [5.41, 5.74) is 0.552. The van der Waals surface area contributed by atoms with Crippen LogP contribution in [0.4, 0.5) is 0 Å². The van der Waals surface area contributed by atoms with Crippen LogP contribution < -0.4 is 20.7 Å². The summed E-state index contributed by atoms with van der Waals surface area (Å²) >= 11 is 0. The summed E-state index contributed by atoms with van der Waals surface area (Å²) in [7, 11) is 0. The van der Waals surface area contributed by atoms with E-state index in [1.807, 2.05) is 52.0 Å². The highest BCUT2D eigenvalue weighted by Crippen LogP contribution is 2.30. The predicted octanol–water partition coefficient (Wildman–Crippen LogP) is 3.31. The van der Waals surface area contributed by atoms with Crippen molar-refractivity contribution in [3.63, 3.8) is 0 Å². The fraction of sp³-hybridized carbons (Fsp3) is 0.619. The van der Waals surface area contributed by atoms with Gasteiger partial charge in [-0.15, -0.1) is 24.0 Å². The van der Waals surface area contributed by atoms with E-state index in [2.05, 4.69) is 20.9 Å². The molecule has 0 unspecified atom stereocenters. The van der Waals surface area contributed by atoms with Crippen LogP contribution in [0.25, 0.3) is 0 Å². The molecule has 0 bridgehead atoms. The van der Waals surface area contributed by atoms with E-state index in [4.69, 9.17) is 4.74 Å². The molecule has 1 aliphatic carbocycles. The number of aliphatic imine (C=N–C) groups is 1. The number of carbonyl (C=O) groups is 1. The largest absolute Gasteiger partial charge is 0.493 e. The van der Waals surface area contributed by atoms with Crippen LogP contribution in [0, 0.1) is 11.3 Å². The van der Waals surface area contributed by atoms with Gasteiger partial charge in [0.1, 0.15) is 5.75 Å². The number of benzene rings is 1. The Bertz CT molecular complexity index is 645. The Balaban J connectivity index is 0.00000392. The molecule has 0 aliphatic heterocycles. The van der Waals surface area contributed by atoms with Crippen LogP contribution in [0.15, 0.2) is 29.3 Å². The Hall–Kier alpha value is -1.51. The summed E-state index contributed by atoms with van der Waals surface area (Å²) in [6, 6.07) is 8.06. The Kier molecular flexibility index (Phi) is 10.6. The summed E-state index contributed by atoms with van der Waals surface area (Å²) in [5.74, 6) is 2.36. The zero-order valence-corrected chi connectivity index (χ0v) is 19.8. The second-order valence-corrected chi connectivity index (χ2v) is 7.65. The number of halogens is 1. The maximum absolute atomic E-state index is 12.2. The molecule has 0 saturated heterocycles.